The SMILES string of the molecule is CCCCNC(=O)C(C)CC(O)C(N)CC(Cc1ccc(OC)c(CCCOC)c1)C(C)C. The van der Waals surface area contributed by atoms with Gasteiger partial charge in [0.2, 0.25) is 5.91 Å². The van der Waals surface area contributed by atoms with E-state index in [0.29, 0.717) is 31.2 Å². The normalized spacial score (nSPS) is 15.2. The van der Waals surface area contributed by atoms with Crippen LogP contribution in [0.25, 0.3) is 0 Å². The van der Waals surface area contributed by atoms with Crippen LogP contribution in [0.3, 0.4) is 0 Å². The van der Waals surface area contributed by atoms with Crippen molar-refractivity contribution in [2.24, 2.45) is 23.5 Å². The molecule has 1 rings (SSSR count). The van der Waals surface area contributed by atoms with Crippen LogP contribution in [0.5, 0.6) is 5.75 Å². The third kappa shape index (κ3) is 10.9. The van der Waals surface area contributed by atoms with Crippen LogP contribution < -0.4 is 15.8 Å². The van der Waals surface area contributed by atoms with E-state index in [1.165, 1.54) is 11.1 Å². The lowest BCUT2D eigenvalue weighted by Crippen LogP contribution is -2.41. The molecule has 0 aliphatic carbocycles. The van der Waals surface area contributed by atoms with E-state index < -0.39 is 6.10 Å². The number of carbonyl (C=O) groups excluding carboxylic acids is 1. The Morgan fingerprint density at radius 2 is 1.88 bits per heavy atom. The van der Waals surface area contributed by atoms with Crippen LogP contribution in [0.1, 0.15) is 70.9 Å². The molecule has 4 atom stereocenters. The second-order valence-electron chi connectivity index (χ2n) is 9.70. The van der Waals surface area contributed by atoms with E-state index in [4.69, 9.17) is 15.2 Å². The Balaban J connectivity index is 2.73. The summed E-state index contributed by atoms with van der Waals surface area (Å²) < 4.78 is 10.7. The van der Waals surface area contributed by atoms with Crippen LogP contribution in [0.4, 0.5) is 0 Å². The van der Waals surface area contributed by atoms with Crippen LogP contribution in [0, 0.1) is 17.8 Å². The Bertz CT molecular complexity index is 680. The summed E-state index contributed by atoms with van der Waals surface area (Å²) in [5.74, 6) is 1.42. The van der Waals surface area contributed by atoms with E-state index in [2.05, 4.69) is 38.2 Å². The highest BCUT2D eigenvalue weighted by Gasteiger charge is 2.26. The fourth-order valence-corrected chi connectivity index (χ4v) is 4.17. The number of hydrogen-bond acceptors (Lipinski definition) is 5. The fourth-order valence-electron chi connectivity index (χ4n) is 4.17. The molecule has 0 spiro atoms. The first-order valence-corrected chi connectivity index (χ1v) is 12.6. The van der Waals surface area contributed by atoms with Gasteiger partial charge in [0.1, 0.15) is 5.75 Å². The first-order valence-electron chi connectivity index (χ1n) is 12.6. The molecule has 1 aromatic carbocycles. The second kappa shape index (κ2) is 16.1. The summed E-state index contributed by atoms with van der Waals surface area (Å²) in [4.78, 5) is 12.2. The molecule has 0 aliphatic rings. The summed E-state index contributed by atoms with van der Waals surface area (Å²) >= 11 is 0. The van der Waals surface area contributed by atoms with Crippen molar-refractivity contribution in [1.82, 2.24) is 5.32 Å². The van der Waals surface area contributed by atoms with Crippen LogP contribution in [-0.2, 0) is 22.4 Å². The number of rotatable bonds is 17. The summed E-state index contributed by atoms with van der Waals surface area (Å²) in [6, 6.07) is 6.04. The zero-order valence-electron chi connectivity index (χ0n) is 21.7. The number of benzene rings is 1. The molecule has 4 N–H and O–H groups in total. The van der Waals surface area contributed by atoms with Crippen molar-refractivity contribution < 1.29 is 19.4 Å². The number of ether oxygens (including phenoxy) is 2. The Hall–Kier alpha value is -1.63. The lowest BCUT2D eigenvalue weighted by atomic mass is 9.82. The van der Waals surface area contributed by atoms with E-state index >= 15 is 0 Å². The number of methoxy groups -OCH3 is 2. The van der Waals surface area contributed by atoms with Gasteiger partial charge in [0.15, 0.2) is 0 Å². The summed E-state index contributed by atoms with van der Waals surface area (Å²) in [7, 11) is 3.43. The number of unbranched alkanes of at least 4 members (excludes halogenated alkanes) is 1. The summed E-state index contributed by atoms with van der Waals surface area (Å²) in [6.07, 6.45) is 5.17. The van der Waals surface area contributed by atoms with Crippen molar-refractivity contribution >= 4 is 5.91 Å². The van der Waals surface area contributed by atoms with Crippen molar-refractivity contribution in [2.45, 2.75) is 84.8 Å². The fraction of sp³-hybridized carbons (Fsp3) is 0.741. The number of hydrogen-bond donors (Lipinski definition) is 3. The summed E-state index contributed by atoms with van der Waals surface area (Å²) in [5, 5.41) is 13.6. The maximum atomic E-state index is 12.2. The number of aliphatic hydroxyl groups is 1. The number of aryl methyl sites for hydroxylation is 1. The Morgan fingerprint density at radius 3 is 2.48 bits per heavy atom. The molecule has 0 radical (unpaired) electrons. The van der Waals surface area contributed by atoms with Crippen LogP contribution in [-0.4, -0.2) is 50.5 Å². The molecule has 0 fully saturated rings. The molecule has 190 valence electrons. The Morgan fingerprint density at radius 1 is 1.15 bits per heavy atom. The number of nitrogens with one attached hydrogen (secondary N) is 1. The van der Waals surface area contributed by atoms with Gasteiger partial charge in [0.25, 0.3) is 0 Å². The maximum Gasteiger partial charge on any atom is 0.222 e. The third-order valence-electron chi connectivity index (χ3n) is 6.52. The molecular weight excluding hydrogens is 416 g/mol. The average molecular weight is 465 g/mol. The van der Waals surface area contributed by atoms with Gasteiger partial charge in [-0.15, -0.1) is 0 Å². The van der Waals surface area contributed by atoms with Crippen molar-refractivity contribution in [2.75, 3.05) is 27.4 Å². The predicted octanol–water partition coefficient (Wildman–Crippen LogP) is 4.11. The van der Waals surface area contributed by atoms with Crippen LogP contribution in [0.15, 0.2) is 18.2 Å². The van der Waals surface area contributed by atoms with E-state index in [1.54, 1.807) is 14.2 Å². The molecule has 0 aromatic heterocycles. The molecule has 1 aromatic rings. The first-order chi connectivity index (χ1) is 15.7. The van der Waals surface area contributed by atoms with E-state index in [9.17, 15) is 9.90 Å². The summed E-state index contributed by atoms with van der Waals surface area (Å²) in [6.45, 7) is 9.78. The van der Waals surface area contributed by atoms with Gasteiger partial charge >= 0.3 is 0 Å². The van der Waals surface area contributed by atoms with Gasteiger partial charge in [0, 0.05) is 32.2 Å². The van der Waals surface area contributed by atoms with Crippen molar-refractivity contribution in [3.8, 4) is 5.75 Å². The highest BCUT2D eigenvalue weighted by atomic mass is 16.5. The highest BCUT2D eigenvalue weighted by molar-refractivity contribution is 5.78. The molecule has 0 saturated carbocycles. The first kappa shape index (κ1) is 29.4. The second-order valence-corrected chi connectivity index (χ2v) is 9.70. The number of carbonyl (C=O) groups is 1. The molecule has 0 bridgehead atoms. The molecular formula is C27H48N2O4. The smallest absolute Gasteiger partial charge is 0.222 e. The molecule has 4 unspecified atom stereocenters. The molecule has 1 amide bonds. The van der Waals surface area contributed by atoms with Gasteiger partial charge < -0.3 is 25.6 Å². The number of nitrogens with two attached hydrogens (primary N) is 1. The van der Waals surface area contributed by atoms with Gasteiger partial charge in [-0.2, -0.15) is 0 Å². The standard InChI is InChI=1S/C27H48N2O4/c1-7-8-13-29-27(31)20(4)15-25(30)24(28)18-23(19(2)3)17-21-11-12-26(33-6)22(16-21)10-9-14-32-5/h11-12,16,19-20,23-25,30H,7-10,13-15,17-18,28H2,1-6H3,(H,29,31). The zero-order valence-corrected chi connectivity index (χ0v) is 21.7. The summed E-state index contributed by atoms with van der Waals surface area (Å²) in [5.41, 5.74) is 8.87. The molecule has 6 nitrogen and oxygen atoms in total. The lowest BCUT2D eigenvalue weighted by molar-refractivity contribution is -0.125. The molecule has 0 aliphatic heterocycles. The van der Waals surface area contributed by atoms with Gasteiger partial charge in [-0.25, -0.2) is 0 Å². The van der Waals surface area contributed by atoms with E-state index in [1.807, 2.05) is 13.0 Å². The third-order valence-corrected chi connectivity index (χ3v) is 6.52. The van der Waals surface area contributed by atoms with Gasteiger partial charge in [0.05, 0.1) is 13.2 Å². The van der Waals surface area contributed by atoms with E-state index in [-0.39, 0.29) is 17.9 Å². The zero-order chi connectivity index (χ0) is 24.8. The van der Waals surface area contributed by atoms with Gasteiger partial charge in [-0.05, 0) is 67.6 Å². The minimum Gasteiger partial charge on any atom is -0.496 e. The predicted molar refractivity (Wildman–Crippen MR) is 136 cm³/mol. The van der Waals surface area contributed by atoms with Crippen molar-refractivity contribution in [3.05, 3.63) is 29.3 Å². The van der Waals surface area contributed by atoms with Gasteiger partial charge in [-0.3, -0.25) is 4.79 Å². The van der Waals surface area contributed by atoms with Crippen LogP contribution in [0.2, 0.25) is 0 Å². The van der Waals surface area contributed by atoms with Crippen molar-refractivity contribution in [1.29, 1.82) is 0 Å². The molecule has 0 saturated heterocycles. The lowest BCUT2D eigenvalue weighted by Gasteiger charge is -2.28. The molecule has 33 heavy (non-hydrogen) atoms. The average Bonchev–Trinajstić information content (AvgIpc) is 2.78. The largest absolute Gasteiger partial charge is 0.496 e. The highest BCUT2D eigenvalue weighted by Crippen LogP contribution is 2.27. The van der Waals surface area contributed by atoms with Gasteiger partial charge in [-0.1, -0.05) is 46.2 Å². The topological polar surface area (TPSA) is 93.8 Å². The van der Waals surface area contributed by atoms with Crippen LogP contribution >= 0.6 is 0 Å². The quantitative estimate of drug-likeness (QED) is 0.302. The van der Waals surface area contributed by atoms with E-state index in [0.717, 1.165) is 44.5 Å². The minimum atomic E-state index is -0.696. The molecule has 0 heterocycles. The minimum absolute atomic E-state index is 0.00524. The van der Waals surface area contributed by atoms with Crippen molar-refractivity contribution in [3.63, 3.8) is 0 Å². The Kier molecular flexibility index (Phi) is 14.3. The number of amides is 1. The monoisotopic (exact) mass is 464 g/mol. The molecule has 6 heteroatoms. The maximum absolute atomic E-state index is 12.2. The Labute approximate surface area is 201 Å². The number of aliphatic hydroxyl groups excluding tert-OH is 1.